The van der Waals surface area contributed by atoms with E-state index < -0.39 is 0 Å². The van der Waals surface area contributed by atoms with Crippen LogP contribution in [0.3, 0.4) is 0 Å². The maximum Gasteiger partial charge on any atom is 0.259 e. The lowest BCUT2D eigenvalue weighted by atomic mass is 10.2. The van der Waals surface area contributed by atoms with Crippen LogP contribution < -0.4 is 15.5 Å². The summed E-state index contributed by atoms with van der Waals surface area (Å²) in [5.74, 6) is 0.536. The maximum absolute atomic E-state index is 11.6. The van der Waals surface area contributed by atoms with Gasteiger partial charge < -0.3 is 10.1 Å². The second-order valence-corrected chi connectivity index (χ2v) is 4.29. The van der Waals surface area contributed by atoms with E-state index in [0.29, 0.717) is 0 Å². The molecule has 0 bridgehead atoms. The molecule has 0 saturated carbocycles. The van der Waals surface area contributed by atoms with Crippen LogP contribution in [0, 0.1) is 0 Å². The number of methoxy groups -OCH3 is 1. The molecule has 5 heteroatoms. The van der Waals surface area contributed by atoms with Crippen molar-refractivity contribution in [1.29, 1.82) is 0 Å². The number of nitrogens with zero attached hydrogens (tertiary/aromatic N) is 1. The van der Waals surface area contributed by atoms with Gasteiger partial charge in [0.1, 0.15) is 5.75 Å². The van der Waals surface area contributed by atoms with E-state index in [1.54, 1.807) is 13.3 Å². The molecule has 1 amide bonds. The summed E-state index contributed by atoms with van der Waals surface area (Å²) in [6.45, 7) is 0.166. The van der Waals surface area contributed by atoms with Gasteiger partial charge in [-0.25, -0.2) is 5.43 Å². The van der Waals surface area contributed by atoms with Crippen LogP contribution in [-0.2, 0) is 4.79 Å². The van der Waals surface area contributed by atoms with Gasteiger partial charge in [0.15, 0.2) is 0 Å². The Morgan fingerprint density at radius 1 is 1.19 bits per heavy atom. The fraction of sp³-hybridized carbons (Fsp3) is 0.125. The number of ether oxygens (including phenoxy) is 1. The third-order valence-electron chi connectivity index (χ3n) is 2.72. The van der Waals surface area contributed by atoms with Gasteiger partial charge in [0.2, 0.25) is 0 Å². The number of hydrogen-bond donors (Lipinski definition) is 2. The first-order valence-electron chi connectivity index (χ1n) is 6.53. The summed E-state index contributed by atoms with van der Waals surface area (Å²) in [6.07, 6.45) is 1.57. The first-order chi connectivity index (χ1) is 10.3. The number of rotatable bonds is 6. The van der Waals surface area contributed by atoms with E-state index in [2.05, 4.69) is 15.8 Å². The molecule has 0 aliphatic heterocycles. The van der Waals surface area contributed by atoms with Crippen LogP contribution >= 0.6 is 0 Å². The van der Waals surface area contributed by atoms with Gasteiger partial charge in [-0.2, -0.15) is 5.10 Å². The lowest BCUT2D eigenvalue weighted by molar-refractivity contribution is -0.119. The zero-order chi connectivity index (χ0) is 14.9. The number of hydrazone groups is 1. The van der Waals surface area contributed by atoms with Gasteiger partial charge in [-0.3, -0.25) is 4.79 Å². The van der Waals surface area contributed by atoms with Gasteiger partial charge in [-0.15, -0.1) is 0 Å². The smallest absolute Gasteiger partial charge is 0.259 e. The zero-order valence-corrected chi connectivity index (χ0v) is 11.7. The molecular formula is C16H17N3O2. The fourth-order valence-electron chi connectivity index (χ4n) is 1.68. The number of hydrogen-bond acceptors (Lipinski definition) is 4. The van der Waals surface area contributed by atoms with Crippen LogP contribution in [0.4, 0.5) is 5.69 Å². The molecule has 108 valence electrons. The molecule has 0 radical (unpaired) electrons. The molecule has 0 spiro atoms. The molecular weight excluding hydrogens is 266 g/mol. The summed E-state index contributed by atoms with van der Waals surface area (Å²) in [5, 5.41) is 6.91. The van der Waals surface area contributed by atoms with E-state index in [9.17, 15) is 4.79 Å². The van der Waals surface area contributed by atoms with Crippen LogP contribution in [0.2, 0.25) is 0 Å². The van der Waals surface area contributed by atoms with Crippen molar-refractivity contribution < 1.29 is 9.53 Å². The summed E-state index contributed by atoms with van der Waals surface area (Å²) in [7, 11) is 1.60. The molecule has 5 nitrogen and oxygen atoms in total. The van der Waals surface area contributed by atoms with Crippen LogP contribution in [0.1, 0.15) is 5.56 Å². The SMILES string of the molecule is COc1cccc(/C=N/NC(=O)CNc2ccccc2)c1. The van der Waals surface area contributed by atoms with Crippen molar-refractivity contribution in [3.8, 4) is 5.75 Å². The molecule has 0 unspecified atom stereocenters. The van der Waals surface area contributed by atoms with Crippen molar-refractivity contribution in [2.45, 2.75) is 0 Å². The molecule has 2 N–H and O–H groups in total. The van der Waals surface area contributed by atoms with Crippen LogP contribution in [0.5, 0.6) is 5.75 Å². The van der Waals surface area contributed by atoms with Crippen molar-refractivity contribution in [2.75, 3.05) is 19.0 Å². The highest BCUT2D eigenvalue weighted by atomic mass is 16.5. The molecule has 0 fully saturated rings. The predicted molar refractivity (Wildman–Crippen MR) is 83.7 cm³/mol. The Labute approximate surface area is 123 Å². The average molecular weight is 283 g/mol. The Morgan fingerprint density at radius 2 is 2.00 bits per heavy atom. The summed E-state index contributed by atoms with van der Waals surface area (Å²) < 4.78 is 5.11. The molecule has 0 heterocycles. The van der Waals surface area contributed by atoms with Gasteiger partial charge >= 0.3 is 0 Å². The third kappa shape index (κ3) is 4.99. The van der Waals surface area contributed by atoms with Crippen molar-refractivity contribution in [3.63, 3.8) is 0 Å². The van der Waals surface area contributed by atoms with E-state index in [0.717, 1.165) is 17.0 Å². The minimum Gasteiger partial charge on any atom is -0.497 e. The zero-order valence-electron chi connectivity index (χ0n) is 11.7. The standard InChI is InChI=1S/C16H17N3O2/c1-21-15-9-5-6-13(10-15)11-18-19-16(20)12-17-14-7-3-2-4-8-14/h2-11,17H,12H2,1H3,(H,19,20)/b18-11+. The maximum atomic E-state index is 11.6. The van der Waals surface area contributed by atoms with E-state index in [1.807, 2.05) is 54.6 Å². The van der Waals surface area contributed by atoms with Gasteiger partial charge in [0.05, 0.1) is 19.9 Å². The highest BCUT2D eigenvalue weighted by molar-refractivity contribution is 5.84. The molecule has 2 aromatic carbocycles. The van der Waals surface area contributed by atoms with Gasteiger partial charge in [-0.05, 0) is 29.8 Å². The second kappa shape index (κ2) is 7.69. The first kappa shape index (κ1) is 14.6. The van der Waals surface area contributed by atoms with E-state index >= 15 is 0 Å². The Balaban J connectivity index is 1.79. The average Bonchev–Trinajstić information content (AvgIpc) is 2.54. The second-order valence-electron chi connectivity index (χ2n) is 4.29. The quantitative estimate of drug-likeness (QED) is 0.631. The highest BCUT2D eigenvalue weighted by Gasteiger charge is 1.98. The topological polar surface area (TPSA) is 62.7 Å². The first-order valence-corrected chi connectivity index (χ1v) is 6.53. The van der Waals surface area contributed by atoms with Gasteiger partial charge in [-0.1, -0.05) is 30.3 Å². The molecule has 2 rings (SSSR count). The molecule has 0 aliphatic rings. The van der Waals surface area contributed by atoms with E-state index in [-0.39, 0.29) is 12.5 Å². The summed E-state index contributed by atoms with van der Waals surface area (Å²) in [6, 6.07) is 16.9. The van der Waals surface area contributed by atoms with E-state index in [1.165, 1.54) is 0 Å². The predicted octanol–water partition coefficient (Wildman–Crippen LogP) is 2.26. The fourth-order valence-corrected chi connectivity index (χ4v) is 1.68. The van der Waals surface area contributed by atoms with Gasteiger partial charge in [0, 0.05) is 5.69 Å². The Bertz CT molecular complexity index is 612. The highest BCUT2D eigenvalue weighted by Crippen LogP contribution is 2.10. The van der Waals surface area contributed by atoms with Crippen LogP contribution in [-0.4, -0.2) is 25.8 Å². The van der Waals surface area contributed by atoms with Crippen molar-refractivity contribution in [1.82, 2.24) is 5.43 Å². The summed E-state index contributed by atoms with van der Waals surface area (Å²) >= 11 is 0. The monoisotopic (exact) mass is 283 g/mol. The largest absolute Gasteiger partial charge is 0.497 e. The Kier molecular flexibility index (Phi) is 5.34. The molecule has 2 aromatic rings. The molecule has 0 aliphatic carbocycles. The van der Waals surface area contributed by atoms with Gasteiger partial charge in [0.25, 0.3) is 5.91 Å². The number of nitrogens with one attached hydrogen (secondary N) is 2. The van der Waals surface area contributed by atoms with Crippen molar-refractivity contribution in [2.24, 2.45) is 5.10 Å². The number of anilines is 1. The number of amides is 1. The third-order valence-corrected chi connectivity index (χ3v) is 2.72. The van der Waals surface area contributed by atoms with Crippen LogP contribution in [0.15, 0.2) is 59.7 Å². The number of benzene rings is 2. The number of carbonyl (C=O) groups excluding carboxylic acids is 1. The van der Waals surface area contributed by atoms with Crippen LogP contribution in [0.25, 0.3) is 0 Å². The van der Waals surface area contributed by atoms with Crippen molar-refractivity contribution >= 4 is 17.8 Å². The molecule has 0 atom stereocenters. The van der Waals surface area contributed by atoms with E-state index in [4.69, 9.17) is 4.74 Å². The minimum absolute atomic E-state index is 0.166. The Hall–Kier alpha value is -2.82. The lowest BCUT2D eigenvalue weighted by Crippen LogP contribution is -2.25. The molecule has 21 heavy (non-hydrogen) atoms. The minimum atomic E-state index is -0.210. The molecule has 0 saturated heterocycles. The summed E-state index contributed by atoms with van der Waals surface area (Å²) in [4.78, 5) is 11.6. The number of para-hydroxylation sites is 1. The summed E-state index contributed by atoms with van der Waals surface area (Å²) in [5.41, 5.74) is 4.21. The normalized spacial score (nSPS) is 10.3. The lowest BCUT2D eigenvalue weighted by Gasteiger charge is -2.04. The molecule has 0 aromatic heterocycles. The Morgan fingerprint density at radius 3 is 2.76 bits per heavy atom. The number of carbonyl (C=O) groups is 1. The van der Waals surface area contributed by atoms with Crippen molar-refractivity contribution in [3.05, 3.63) is 60.2 Å².